The summed E-state index contributed by atoms with van der Waals surface area (Å²) in [6.45, 7) is 1.24. The largest absolute Gasteiger partial charge is 0.494 e. The Balaban J connectivity index is 1.41. The highest BCUT2D eigenvalue weighted by molar-refractivity contribution is 5.95. The first-order valence-electron chi connectivity index (χ1n) is 9.33. The van der Waals surface area contributed by atoms with Crippen LogP contribution in [0, 0.1) is 5.82 Å². The number of hydroxylamine groups is 1. The molecule has 2 heterocycles. The van der Waals surface area contributed by atoms with Gasteiger partial charge in [-0.15, -0.1) is 0 Å². The summed E-state index contributed by atoms with van der Waals surface area (Å²) in [4.78, 5) is 25.7. The third-order valence-electron chi connectivity index (χ3n) is 5.09. The van der Waals surface area contributed by atoms with Crippen molar-refractivity contribution >= 4 is 28.5 Å². The number of benzene rings is 2. The molecule has 3 N–H and O–H groups in total. The average molecular weight is 413 g/mol. The number of nitrogens with one attached hydrogen (secondary N) is 2. The van der Waals surface area contributed by atoms with Crippen molar-refractivity contribution < 1.29 is 28.3 Å². The zero-order valence-corrected chi connectivity index (χ0v) is 16.2. The number of rotatable bonds is 5. The number of anilines is 1. The minimum atomic E-state index is -0.625. The van der Waals surface area contributed by atoms with Gasteiger partial charge in [0.25, 0.3) is 5.91 Å². The Bertz CT molecular complexity index is 1110. The maximum Gasteiger partial charge on any atom is 0.274 e. The molecule has 4 rings (SSSR count). The zero-order chi connectivity index (χ0) is 21.3. The quantitative estimate of drug-likeness (QED) is 0.439. The van der Waals surface area contributed by atoms with E-state index >= 15 is 0 Å². The van der Waals surface area contributed by atoms with Crippen molar-refractivity contribution in [2.45, 2.75) is 13.0 Å². The van der Waals surface area contributed by atoms with Gasteiger partial charge >= 0.3 is 0 Å². The van der Waals surface area contributed by atoms with Crippen molar-refractivity contribution in [1.82, 2.24) is 10.4 Å². The van der Waals surface area contributed by atoms with Gasteiger partial charge in [-0.2, -0.15) is 0 Å². The van der Waals surface area contributed by atoms with Gasteiger partial charge in [-0.3, -0.25) is 19.7 Å². The Morgan fingerprint density at radius 2 is 2.03 bits per heavy atom. The first kappa shape index (κ1) is 19.9. The van der Waals surface area contributed by atoms with Gasteiger partial charge in [0, 0.05) is 34.8 Å². The molecule has 2 aromatic carbocycles. The van der Waals surface area contributed by atoms with Gasteiger partial charge in [-0.05, 0) is 36.8 Å². The molecule has 3 aromatic rings. The lowest BCUT2D eigenvalue weighted by atomic mass is 10.0. The summed E-state index contributed by atoms with van der Waals surface area (Å²) in [5, 5.41) is 12.1. The molecule has 0 unspecified atom stereocenters. The third-order valence-corrected chi connectivity index (χ3v) is 5.09. The van der Waals surface area contributed by atoms with Crippen LogP contribution < -0.4 is 15.5 Å². The second-order valence-corrected chi connectivity index (χ2v) is 7.01. The van der Waals surface area contributed by atoms with Gasteiger partial charge in [-0.25, -0.2) is 9.87 Å². The van der Waals surface area contributed by atoms with E-state index in [1.165, 1.54) is 25.3 Å². The number of nitrogens with zero attached hydrogens (tertiary/aromatic N) is 1. The molecule has 30 heavy (non-hydrogen) atoms. The van der Waals surface area contributed by atoms with Crippen LogP contribution in [0.5, 0.6) is 5.75 Å². The minimum Gasteiger partial charge on any atom is -0.494 e. The van der Waals surface area contributed by atoms with E-state index in [1.807, 2.05) is 4.90 Å². The maximum atomic E-state index is 14.0. The van der Waals surface area contributed by atoms with E-state index < -0.39 is 11.7 Å². The first-order chi connectivity index (χ1) is 14.5. The molecule has 0 bridgehead atoms. The monoisotopic (exact) mass is 413 g/mol. The molecular weight excluding hydrogens is 393 g/mol. The summed E-state index contributed by atoms with van der Waals surface area (Å²) in [5.41, 5.74) is 3.89. The normalized spacial score (nSPS) is 13.7. The van der Waals surface area contributed by atoms with Crippen LogP contribution in [-0.2, 0) is 17.8 Å². The molecule has 0 fully saturated rings. The van der Waals surface area contributed by atoms with Crippen molar-refractivity contribution in [3.8, 4) is 5.75 Å². The summed E-state index contributed by atoms with van der Waals surface area (Å²) in [6.07, 6.45) is 0.645. The van der Waals surface area contributed by atoms with Crippen LogP contribution in [-0.4, -0.2) is 42.1 Å². The van der Waals surface area contributed by atoms with Gasteiger partial charge in [0.2, 0.25) is 5.91 Å². The van der Waals surface area contributed by atoms with Crippen LogP contribution in [0.4, 0.5) is 10.1 Å². The molecule has 156 valence electrons. The van der Waals surface area contributed by atoms with E-state index in [-0.39, 0.29) is 23.8 Å². The van der Waals surface area contributed by atoms with Crippen molar-refractivity contribution in [2.24, 2.45) is 0 Å². The molecule has 1 aromatic heterocycles. The second kappa shape index (κ2) is 8.13. The molecule has 0 aliphatic carbocycles. The van der Waals surface area contributed by atoms with Crippen molar-refractivity contribution in [3.05, 3.63) is 59.1 Å². The number of halogens is 1. The van der Waals surface area contributed by atoms with E-state index in [4.69, 9.17) is 14.4 Å². The molecule has 0 radical (unpaired) electrons. The number of methoxy groups -OCH3 is 1. The maximum absolute atomic E-state index is 14.0. The summed E-state index contributed by atoms with van der Waals surface area (Å²) in [7, 11) is 1.41. The lowest BCUT2D eigenvalue weighted by molar-refractivity contribution is -0.117. The van der Waals surface area contributed by atoms with Crippen molar-refractivity contribution in [2.75, 3.05) is 25.5 Å². The van der Waals surface area contributed by atoms with Gasteiger partial charge in [0.05, 0.1) is 20.2 Å². The van der Waals surface area contributed by atoms with Crippen LogP contribution in [0.1, 0.15) is 21.7 Å². The van der Waals surface area contributed by atoms with Crippen LogP contribution in [0.2, 0.25) is 0 Å². The summed E-state index contributed by atoms with van der Waals surface area (Å²) < 4.78 is 24.9. The van der Waals surface area contributed by atoms with E-state index in [9.17, 15) is 14.0 Å². The predicted octanol–water partition coefficient (Wildman–Crippen LogP) is 2.70. The highest BCUT2D eigenvalue weighted by atomic mass is 19.1. The fraction of sp³-hybridized carbons (Fsp3) is 0.238. The molecule has 0 atom stereocenters. The summed E-state index contributed by atoms with van der Waals surface area (Å²) in [5.74, 6) is -0.414. The topological polar surface area (TPSA) is 104 Å². The van der Waals surface area contributed by atoms with Gasteiger partial charge < -0.3 is 14.5 Å². The van der Waals surface area contributed by atoms with Crippen molar-refractivity contribution in [1.29, 1.82) is 0 Å². The van der Waals surface area contributed by atoms with E-state index in [2.05, 4.69) is 5.32 Å². The number of hydrogen-bond acceptors (Lipinski definition) is 6. The zero-order valence-electron chi connectivity index (χ0n) is 16.2. The SMILES string of the molecule is COc1cc2oc3c(c2cc1F)CCN(CC(=O)Nc1ccc(C(=O)NO)cc1)C3. The molecule has 2 amide bonds. The van der Waals surface area contributed by atoms with E-state index in [0.29, 0.717) is 30.8 Å². The van der Waals surface area contributed by atoms with Crippen molar-refractivity contribution in [3.63, 3.8) is 0 Å². The third kappa shape index (κ3) is 3.85. The van der Waals surface area contributed by atoms with Gasteiger partial charge in [0.15, 0.2) is 11.6 Å². The van der Waals surface area contributed by atoms with Crippen LogP contribution in [0.3, 0.4) is 0 Å². The lowest BCUT2D eigenvalue weighted by Gasteiger charge is -2.25. The highest BCUT2D eigenvalue weighted by Gasteiger charge is 2.25. The van der Waals surface area contributed by atoms with Gasteiger partial charge in [-0.1, -0.05) is 0 Å². The predicted molar refractivity (Wildman–Crippen MR) is 106 cm³/mol. The lowest BCUT2D eigenvalue weighted by Crippen LogP contribution is -2.36. The van der Waals surface area contributed by atoms with Gasteiger partial charge in [0.1, 0.15) is 11.3 Å². The fourth-order valence-electron chi connectivity index (χ4n) is 3.62. The number of carbonyl (C=O) groups excluding carboxylic acids is 2. The Morgan fingerprint density at radius 3 is 2.73 bits per heavy atom. The Morgan fingerprint density at radius 1 is 1.27 bits per heavy atom. The Kier molecular flexibility index (Phi) is 5.39. The number of hydrogen-bond donors (Lipinski definition) is 3. The summed E-state index contributed by atoms with van der Waals surface area (Å²) >= 11 is 0. The number of furan rings is 1. The Labute approximate surface area is 171 Å². The van der Waals surface area contributed by atoms with Crippen LogP contribution in [0.15, 0.2) is 40.8 Å². The van der Waals surface area contributed by atoms with Crippen LogP contribution >= 0.6 is 0 Å². The van der Waals surface area contributed by atoms with Crippen LogP contribution in [0.25, 0.3) is 11.0 Å². The van der Waals surface area contributed by atoms with E-state index in [1.54, 1.807) is 23.7 Å². The molecule has 0 spiro atoms. The number of amides is 2. The standard InChI is InChI=1S/C21H20FN3O5/c1-29-18-9-17-15(8-16(18)22)14-6-7-25(10-19(14)30-17)11-20(26)23-13-4-2-12(3-5-13)21(27)24-28/h2-5,8-9,28H,6-7,10-11H2,1H3,(H,23,26)(H,24,27). The number of ether oxygens (including phenoxy) is 1. The summed E-state index contributed by atoms with van der Waals surface area (Å²) in [6, 6.07) is 9.13. The number of carbonyl (C=O) groups is 2. The molecule has 0 saturated heterocycles. The molecule has 0 saturated carbocycles. The average Bonchev–Trinajstić information content (AvgIpc) is 3.09. The molecule has 9 heteroatoms. The molecule has 8 nitrogen and oxygen atoms in total. The second-order valence-electron chi connectivity index (χ2n) is 7.01. The molecule has 1 aliphatic heterocycles. The smallest absolute Gasteiger partial charge is 0.274 e. The first-order valence-corrected chi connectivity index (χ1v) is 9.33. The van der Waals surface area contributed by atoms with E-state index in [0.717, 1.165) is 16.7 Å². The highest BCUT2D eigenvalue weighted by Crippen LogP contribution is 2.34. The minimum absolute atomic E-state index is 0.132. The molecular formula is C21H20FN3O5. The Hall–Kier alpha value is -3.43. The number of fused-ring (bicyclic) bond motifs is 3. The molecule has 1 aliphatic rings. The fourth-order valence-corrected chi connectivity index (χ4v) is 3.62.